The highest BCUT2D eigenvalue weighted by Gasteiger charge is 2.06. The van der Waals surface area contributed by atoms with E-state index < -0.39 is 0 Å². The number of rotatable bonds is 3. The zero-order valence-electron chi connectivity index (χ0n) is 9.85. The highest BCUT2D eigenvalue weighted by atomic mass is 35.5. The summed E-state index contributed by atoms with van der Waals surface area (Å²) in [4.78, 5) is 11.8. The first kappa shape index (κ1) is 12.5. The maximum Gasteiger partial charge on any atom is 0.272 e. The molecule has 0 fully saturated rings. The number of nitrogens with zero attached hydrogens (tertiary/aromatic N) is 2. The number of carbonyl (C=O) groups is 1. The smallest absolute Gasteiger partial charge is 0.272 e. The maximum atomic E-state index is 11.8. The largest absolute Gasteiger partial charge is 0.347 e. The normalized spacial score (nSPS) is 10.1. The summed E-state index contributed by atoms with van der Waals surface area (Å²) in [6, 6.07) is 10.7. The lowest BCUT2D eigenvalue weighted by atomic mass is 10.2. The SMILES string of the molecule is Cc1ccc(C(=O)NCc2ccc(Cl)cc2)nn1. The van der Waals surface area contributed by atoms with Crippen LogP contribution in [0.2, 0.25) is 5.02 Å². The lowest BCUT2D eigenvalue weighted by Crippen LogP contribution is -2.24. The van der Waals surface area contributed by atoms with E-state index in [0.717, 1.165) is 11.3 Å². The fourth-order valence-electron chi connectivity index (χ4n) is 1.40. The van der Waals surface area contributed by atoms with Crippen molar-refractivity contribution in [1.82, 2.24) is 15.5 Å². The molecule has 0 atom stereocenters. The number of hydrogen-bond acceptors (Lipinski definition) is 3. The molecule has 0 spiro atoms. The van der Waals surface area contributed by atoms with E-state index in [9.17, 15) is 4.79 Å². The lowest BCUT2D eigenvalue weighted by molar-refractivity contribution is 0.0945. The Labute approximate surface area is 110 Å². The Morgan fingerprint density at radius 2 is 1.89 bits per heavy atom. The van der Waals surface area contributed by atoms with Crippen LogP contribution >= 0.6 is 11.6 Å². The molecular weight excluding hydrogens is 250 g/mol. The van der Waals surface area contributed by atoms with Gasteiger partial charge in [-0.2, -0.15) is 5.10 Å². The Morgan fingerprint density at radius 1 is 1.17 bits per heavy atom. The minimum absolute atomic E-state index is 0.238. The summed E-state index contributed by atoms with van der Waals surface area (Å²) in [5, 5.41) is 11.1. The predicted molar refractivity (Wildman–Crippen MR) is 69.4 cm³/mol. The van der Waals surface area contributed by atoms with E-state index in [-0.39, 0.29) is 5.91 Å². The van der Waals surface area contributed by atoms with E-state index >= 15 is 0 Å². The molecule has 18 heavy (non-hydrogen) atoms. The Balaban J connectivity index is 1.96. The highest BCUT2D eigenvalue weighted by molar-refractivity contribution is 6.30. The van der Waals surface area contributed by atoms with Crippen molar-refractivity contribution >= 4 is 17.5 Å². The van der Waals surface area contributed by atoms with Crippen molar-refractivity contribution in [2.24, 2.45) is 0 Å². The van der Waals surface area contributed by atoms with Crippen LogP contribution in [0.1, 0.15) is 21.7 Å². The van der Waals surface area contributed by atoms with Crippen molar-refractivity contribution in [3.05, 3.63) is 58.4 Å². The third kappa shape index (κ3) is 3.28. The zero-order chi connectivity index (χ0) is 13.0. The van der Waals surface area contributed by atoms with Gasteiger partial charge in [0, 0.05) is 11.6 Å². The second-order valence-corrected chi connectivity index (χ2v) is 4.31. The van der Waals surface area contributed by atoms with Crippen LogP contribution in [-0.2, 0) is 6.54 Å². The Hall–Kier alpha value is -1.94. The van der Waals surface area contributed by atoms with Crippen molar-refractivity contribution in [2.45, 2.75) is 13.5 Å². The van der Waals surface area contributed by atoms with E-state index in [1.807, 2.05) is 19.1 Å². The van der Waals surface area contributed by atoms with Crippen LogP contribution in [0.25, 0.3) is 0 Å². The van der Waals surface area contributed by atoms with Crippen LogP contribution in [-0.4, -0.2) is 16.1 Å². The van der Waals surface area contributed by atoms with E-state index in [4.69, 9.17) is 11.6 Å². The minimum atomic E-state index is -0.238. The van der Waals surface area contributed by atoms with Gasteiger partial charge in [-0.05, 0) is 36.8 Å². The summed E-state index contributed by atoms with van der Waals surface area (Å²) in [6.45, 7) is 2.26. The quantitative estimate of drug-likeness (QED) is 0.923. The van der Waals surface area contributed by atoms with Gasteiger partial charge in [0.15, 0.2) is 5.69 Å². The predicted octanol–water partition coefficient (Wildman–Crippen LogP) is 2.37. The number of carbonyl (C=O) groups excluding carboxylic acids is 1. The van der Waals surface area contributed by atoms with E-state index in [1.54, 1.807) is 24.3 Å². The number of hydrogen-bond donors (Lipinski definition) is 1. The summed E-state index contributed by atoms with van der Waals surface area (Å²) < 4.78 is 0. The zero-order valence-corrected chi connectivity index (χ0v) is 10.6. The third-order valence-corrected chi connectivity index (χ3v) is 2.65. The number of aromatic nitrogens is 2. The second-order valence-electron chi connectivity index (χ2n) is 3.87. The number of halogens is 1. The number of amides is 1. The van der Waals surface area contributed by atoms with Gasteiger partial charge in [-0.15, -0.1) is 5.10 Å². The molecule has 0 radical (unpaired) electrons. The van der Waals surface area contributed by atoms with Gasteiger partial charge in [-0.25, -0.2) is 0 Å². The molecule has 5 heteroatoms. The summed E-state index contributed by atoms with van der Waals surface area (Å²) in [6.07, 6.45) is 0. The molecule has 92 valence electrons. The van der Waals surface area contributed by atoms with Gasteiger partial charge in [0.05, 0.1) is 5.69 Å². The lowest BCUT2D eigenvalue weighted by Gasteiger charge is -2.04. The molecule has 1 amide bonds. The molecule has 0 aliphatic carbocycles. The first-order valence-electron chi connectivity index (χ1n) is 5.48. The van der Waals surface area contributed by atoms with Gasteiger partial charge in [0.1, 0.15) is 0 Å². The van der Waals surface area contributed by atoms with Crippen LogP contribution in [0.5, 0.6) is 0 Å². The van der Waals surface area contributed by atoms with E-state index in [1.165, 1.54) is 0 Å². The van der Waals surface area contributed by atoms with Gasteiger partial charge in [-0.3, -0.25) is 4.79 Å². The molecule has 0 unspecified atom stereocenters. The standard InChI is InChI=1S/C13H12ClN3O/c1-9-2-7-12(17-16-9)13(18)15-8-10-3-5-11(14)6-4-10/h2-7H,8H2,1H3,(H,15,18). The highest BCUT2D eigenvalue weighted by Crippen LogP contribution is 2.09. The second kappa shape index (κ2) is 5.60. The minimum Gasteiger partial charge on any atom is -0.347 e. The van der Waals surface area contributed by atoms with Gasteiger partial charge in [-0.1, -0.05) is 23.7 Å². The van der Waals surface area contributed by atoms with Gasteiger partial charge >= 0.3 is 0 Å². The molecule has 0 aliphatic heterocycles. The van der Waals surface area contributed by atoms with Gasteiger partial charge < -0.3 is 5.32 Å². The molecular formula is C13H12ClN3O. The maximum absolute atomic E-state index is 11.8. The fraction of sp³-hybridized carbons (Fsp3) is 0.154. The van der Waals surface area contributed by atoms with Crippen molar-refractivity contribution in [3.8, 4) is 0 Å². The van der Waals surface area contributed by atoms with Crippen LogP contribution in [0.4, 0.5) is 0 Å². The van der Waals surface area contributed by atoms with Crippen molar-refractivity contribution in [2.75, 3.05) is 0 Å². The molecule has 0 saturated heterocycles. The molecule has 1 aromatic heterocycles. The van der Waals surface area contributed by atoms with Gasteiger partial charge in [0.25, 0.3) is 5.91 Å². The third-order valence-electron chi connectivity index (χ3n) is 2.40. The van der Waals surface area contributed by atoms with Crippen LogP contribution in [0, 0.1) is 6.92 Å². The molecule has 1 heterocycles. The number of nitrogens with one attached hydrogen (secondary N) is 1. The topological polar surface area (TPSA) is 54.9 Å². The van der Waals surface area contributed by atoms with E-state index in [2.05, 4.69) is 15.5 Å². The Bertz CT molecular complexity index is 537. The molecule has 0 saturated carbocycles. The molecule has 0 aliphatic rings. The molecule has 2 aromatic rings. The average Bonchev–Trinajstić information content (AvgIpc) is 2.38. The Morgan fingerprint density at radius 3 is 2.50 bits per heavy atom. The molecule has 1 aromatic carbocycles. The average molecular weight is 262 g/mol. The van der Waals surface area contributed by atoms with Crippen molar-refractivity contribution in [1.29, 1.82) is 0 Å². The molecule has 4 nitrogen and oxygen atoms in total. The number of benzene rings is 1. The van der Waals surface area contributed by atoms with Crippen LogP contribution < -0.4 is 5.32 Å². The first-order chi connectivity index (χ1) is 8.65. The molecule has 2 rings (SSSR count). The molecule has 1 N–H and O–H groups in total. The van der Waals surface area contributed by atoms with Crippen LogP contribution in [0.3, 0.4) is 0 Å². The monoisotopic (exact) mass is 261 g/mol. The Kier molecular flexibility index (Phi) is 3.89. The summed E-state index contributed by atoms with van der Waals surface area (Å²) >= 11 is 5.78. The summed E-state index contributed by atoms with van der Waals surface area (Å²) in [5.74, 6) is -0.238. The number of aryl methyl sites for hydroxylation is 1. The summed E-state index contributed by atoms with van der Waals surface area (Å²) in [7, 11) is 0. The van der Waals surface area contributed by atoms with Crippen molar-refractivity contribution in [3.63, 3.8) is 0 Å². The molecule has 0 bridgehead atoms. The fourth-order valence-corrected chi connectivity index (χ4v) is 1.52. The first-order valence-corrected chi connectivity index (χ1v) is 5.86. The van der Waals surface area contributed by atoms with Gasteiger partial charge in [0.2, 0.25) is 0 Å². The van der Waals surface area contributed by atoms with Crippen LogP contribution in [0.15, 0.2) is 36.4 Å². The summed E-state index contributed by atoms with van der Waals surface area (Å²) in [5.41, 5.74) is 2.08. The van der Waals surface area contributed by atoms with Crippen molar-refractivity contribution < 1.29 is 4.79 Å². The van der Waals surface area contributed by atoms with E-state index in [0.29, 0.717) is 17.3 Å².